The van der Waals surface area contributed by atoms with Crippen LogP contribution in [0.15, 0.2) is 48.6 Å². The zero-order chi connectivity index (χ0) is 97.4. The fourth-order valence-electron chi connectivity index (χ4n) is 23.7. The Morgan fingerprint density at radius 3 is 1.18 bits per heavy atom. The Morgan fingerprint density at radius 2 is 0.794 bits per heavy atom. The second-order valence-corrected chi connectivity index (χ2v) is 45.4. The highest BCUT2D eigenvalue weighted by atomic mass is 16.7. The van der Waals surface area contributed by atoms with Crippen molar-refractivity contribution in [2.75, 3.05) is 19.8 Å². The van der Waals surface area contributed by atoms with Gasteiger partial charge in [0.15, 0.2) is 18.8 Å². The number of fused-ring (bicyclic) bond motifs is 1. The molecule has 738 valence electrons. The van der Waals surface area contributed by atoms with Gasteiger partial charge < -0.3 is 66.7 Å². The highest BCUT2D eigenvalue weighted by Crippen LogP contribution is 2.65. The van der Waals surface area contributed by atoms with Crippen molar-refractivity contribution in [3.05, 3.63) is 48.6 Å². The van der Waals surface area contributed by atoms with Crippen LogP contribution >= 0.6 is 0 Å². The lowest BCUT2D eigenvalue weighted by Crippen LogP contribution is -2.63. The molecule has 0 aromatic rings. The van der Waals surface area contributed by atoms with Crippen molar-refractivity contribution < 1.29 is 124 Å². The van der Waals surface area contributed by atoms with Crippen LogP contribution in [0.3, 0.4) is 0 Å². The maximum atomic E-state index is 12.8. The van der Waals surface area contributed by atoms with Crippen molar-refractivity contribution >= 4 is 71.6 Å². The first-order chi connectivity index (χ1) is 61.0. The van der Waals surface area contributed by atoms with Crippen LogP contribution in [0.1, 0.15) is 351 Å². The van der Waals surface area contributed by atoms with Crippen molar-refractivity contribution in [2.45, 2.75) is 422 Å². The van der Waals surface area contributed by atoms with Gasteiger partial charge in [-0.15, -0.1) is 0 Å². The van der Waals surface area contributed by atoms with E-state index in [1.165, 1.54) is 103 Å². The second kappa shape index (κ2) is 43.3. The predicted molar refractivity (Wildman–Crippen MR) is 490 cm³/mol. The summed E-state index contributed by atoms with van der Waals surface area (Å²) in [7, 11) is 0. The van der Waals surface area contributed by atoms with E-state index in [4.69, 9.17) is 56.8 Å². The fraction of sp³-hybridized carbons (Fsp3) is 0.810. The van der Waals surface area contributed by atoms with Crippen molar-refractivity contribution in [3.63, 3.8) is 0 Å². The first-order valence-electron chi connectivity index (χ1n) is 49.5. The quantitative estimate of drug-likeness (QED) is 0.0533. The number of hydrogen-bond acceptors (Lipinski definition) is 26. The number of carbonyl (C=O) groups is 12. The Labute approximate surface area is 780 Å². The molecule has 14 saturated carbocycles. The van der Waals surface area contributed by atoms with Gasteiger partial charge in [-0.05, 0) is 348 Å². The van der Waals surface area contributed by atoms with Gasteiger partial charge in [-0.25, -0.2) is 33.6 Å². The molecule has 0 aromatic carbocycles. The lowest BCUT2D eigenvalue weighted by Gasteiger charge is -2.62. The summed E-state index contributed by atoms with van der Waals surface area (Å²) in [5.41, 5.74) is -1.80. The summed E-state index contributed by atoms with van der Waals surface area (Å²) in [5, 5.41) is 10.5. The van der Waals surface area contributed by atoms with Gasteiger partial charge in [0.25, 0.3) is 0 Å². The molecule has 0 radical (unpaired) electrons. The smallest absolute Gasteiger partial charge is 0.347 e. The molecule has 0 amide bonds. The zero-order valence-electron chi connectivity index (χ0n) is 83.5. The summed E-state index contributed by atoms with van der Waals surface area (Å²) >= 11 is 0. The molecular formula is C105H162O26. The first kappa shape index (κ1) is 107. The minimum Gasteiger partial charge on any atom is -0.463 e. The fourth-order valence-corrected chi connectivity index (χ4v) is 23.7. The van der Waals surface area contributed by atoms with E-state index in [-0.39, 0.29) is 98.7 Å². The average Bonchev–Trinajstić information content (AvgIpc) is 1.68. The van der Waals surface area contributed by atoms with Gasteiger partial charge in [0, 0.05) is 41.6 Å². The molecule has 0 aromatic heterocycles. The standard InChI is InChI=1S/C19H32O2.C17H26O2.C15H20O7.C14H20O3.C12H22O2.C10H16O4.C10H16O2.C8H10O4/c1-6-18(4,5)17(20)21-19(12(2)3)15-8-13-7-14(10-15)11-16(19)9-13;1-10(2)16(18)19-17(11(3)4)14-6-12-5-13(8-14)9-15(17)7-12;1-4-15(2,3)14(18)19-6-9(16)21-11-8-5-7-10(20-8)12(11)22-13(7)17;1-9(2)12(15)17-14-6-10-3-11(7-14)5-13(16,4-10)8-14;1-5-11(2,3)10(13)14-12(4)8-6-7-9-12;1-4-10(2,3)9(12)14-7-5-6-13-8(7)11;1-8(2)9(11)12-10(3)6-4-5-7-10;1-5(2)7(9)12-6-3-4-11-8(6)10/h12-16H,6-11H2,1-5H3;11-15H,1,5-9H2,2-4H3;7-8,10-12H,4-6H2,1-3H3;10-11,16H,1,3-8H2,2H3;5-9H2,1-4H3;7H,4-6H2,1-3H3;1,4-7H2,2-3H3;6H,1,3-4H2,2H3. The van der Waals surface area contributed by atoms with Gasteiger partial charge in [0.2, 0.25) is 12.2 Å². The number of carbonyl (C=O) groups excluding carboxylic acids is 12. The van der Waals surface area contributed by atoms with Gasteiger partial charge >= 0.3 is 71.6 Å². The maximum absolute atomic E-state index is 12.8. The molecule has 9 unspecified atom stereocenters. The third kappa shape index (κ3) is 25.8. The lowest BCUT2D eigenvalue weighted by molar-refractivity contribution is -0.231. The molecule has 5 heterocycles. The number of aliphatic hydroxyl groups is 1. The molecule has 19 fully saturated rings. The van der Waals surface area contributed by atoms with Crippen molar-refractivity contribution in [2.24, 2.45) is 98.6 Å². The predicted octanol–water partition coefficient (Wildman–Crippen LogP) is 19.0. The molecule has 9 atom stereocenters. The number of cyclic esters (lactones) is 2. The summed E-state index contributed by atoms with van der Waals surface area (Å²) in [6, 6.07) is 0. The van der Waals surface area contributed by atoms with E-state index in [1.807, 2.05) is 55.4 Å². The number of hydrogen-bond donors (Lipinski definition) is 1. The Morgan fingerprint density at radius 1 is 0.427 bits per heavy atom. The van der Waals surface area contributed by atoms with E-state index in [2.05, 4.69) is 72.6 Å². The summed E-state index contributed by atoms with van der Waals surface area (Å²) < 4.78 is 69.3. The van der Waals surface area contributed by atoms with Gasteiger partial charge in [-0.2, -0.15) is 0 Å². The number of ether oxygens (including phenoxy) is 13. The molecule has 131 heavy (non-hydrogen) atoms. The summed E-state index contributed by atoms with van der Waals surface area (Å²) in [4.78, 5) is 139. The Hall–Kier alpha value is -7.48. The largest absolute Gasteiger partial charge is 0.463 e. The van der Waals surface area contributed by atoms with E-state index < -0.39 is 82.9 Å². The van der Waals surface area contributed by atoms with Crippen LogP contribution in [0.4, 0.5) is 0 Å². The Balaban J connectivity index is 0.000000170. The highest BCUT2D eigenvalue weighted by molar-refractivity contribution is 5.90. The van der Waals surface area contributed by atoms with Crippen molar-refractivity contribution in [3.8, 4) is 0 Å². The first-order valence-corrected chi connectivity index (χ1v) is 49.5. The van der Waals surface area contributed by atoms with Crippen molar-refractivity contribution in [1.82, 2.24) is 0 Å². The van der Waals surface area contributed by atoms with Crippen molar-refractivity contribution in [1.29, 1.82) is 0 Å². The monoisotopic (exact) mass is 1840 g/mol. The van der Waals surface area contributed by atoms with Crippen LogP contribution in [-0.2, 0) is 119 Å². The maximum Gasteiger partial charge on any atom is 0.347 e. The molecule has 26 nitrogen and oxygen atoms in total. The molecule has 26 heteroatoms. The summed E-state index contributed by atoms with van der Waals surface area (Å²) in [6.07, 6.45) is 28.7. The van der Waals surface area contributed by atoms with Gasteiger partial charge in [0.05, 0.1) is 52.5 Å². The molecule has 14 bridgehead atoms. The summed E-state index contributed by atoms with van der Waals surface area (Å²) in [5.74, 6) is 3.86. The van der Waals surface area contributed by atoms with Crippen LogP contribution in [0.5, 0.6) is 0 Å². The summed E-state index contributed by atoms with van der Waals surface area (Å²) in [6.45, 7) is 57.2. The SMILES string of the molecule is C=C(C)C(=O)OC1(C(C)C)C2CC3CC(C2)CC1C3.C=C(C)C(=O)OC1(C)CCCC1.C=C(C)C(=O)OC12CC3CC(CC(O)(C3)C1)C2.C=C(C)C(=O)OC1CCOC1=O.CCC(C)(C)C(=O)OC1(C(C)C)C2CC3CC(C2)CC1C3.CCC(C)(C)C(=O)OC1(C)CCCC1.CCC(C)(C)C(=O)OC1CCOC1=O.CCC(C)(C)C(=O)OCC(=O)OC1C2CC3C(=O)OC1C3O2. The van der Waals surface area contributed by atoms with Crippen LogP contribution in [0.2, 0.25) is 0 Å². The third-order valence-electron chi connectivity index (χ3n) is 32.2. The average molecular weight is 1840 g/mol. The third-order valence-corrected chi connectivity index (χ3v) is 32.2. The van der Waals surface area contributed by atoms with Crippen LogP contribution in [0, 0.1) is 98.6 Å². The molecule has 5 aliphatic heterocycles. The van der Waals surface area contributed by atoms with Gasteiger partial charge in [0.1, 0.15) is 34.1 Å². The number of rotatable bonds is 24. The lowest BCUT2D eigenvalue weighted by atomic mass is 9.47. The molecule has 14 aliphatic carbocycles. The zero-order valence-corrected chi connectivity index (χ0v) is 83.5. The van der Waals surface area contributed by atoms with Gasteiger partial charge in [-0.1, -0.05) is 81.7 Å². The molecule has 5 saturated heterocycles. The minimum atomic E-state index is -0.728. The Bertz CT molecular complexity index is 4080. The van der Waals surface area contributed by atoms with Crippen LogP contribution in [0.25, 0.3) is 0 Å². The van der Waals surface area contributed by atoms with E-state index >= 15 is 0 Å². The van der Waals surface area contributed by atoms with E-state index in [1.54, 1.807) is 48.5 Å². The van der Waals surface area contributed by atoms with Gasteiger partial charge in [-0.3, -0.25) is 24.0 Å². The van der Waals surface area contributed by atoms with E-state index in [0.717, 1.165) is 87.9 Å². The molecule has 19 aliphatic rings. The normalized spacial score (nSPS) is 33.5. The molecule has 1 N–H and O–H groups in total. The Kier molecular flexibility index (Phi) is 35.4. The van der Waals surface area contributed by atoms with Crippen LogP contribution in [-0.4, -0.2) is 167 Å². The van der Waals surface area contributed by atoms with Crippen LogP contribution < -0.4 is 0 Å². The highest BCUT2D eigenvalue weighted by Gasteiger charge is 2.67. The topological polar surface area (TPSA) is 345 Å². The number of esters is 12. The molecular weight excluding hydrogens is 1680 g/mol. The minimum absolute atomic E-state index is 0.0335. The second-order valence-electron chi connectivity index (χ2n) is 45.4. The van der Waals surface area contributed by atoms with E-state index in [9.17, 15) is 62.6 Å². The molecule has 19 rings (SSSR count). The van der Waals surface area contributed by atoms with E-state index in [0.29, 0.717) is 116 Å². The molecule has 0 spiro atoms.